The molecule has 7 rings (SSSR count). The SMILES string of the molecule is CN(C)CCN(C)C(=O)OC1Cn2c3ccccc3c3c4c(c5c6ccccc6n(c5c32)CC1O)C(=O)NC4=O. The molecule has 4 heterocycles. The van der Waals surface area contributed by atoms with E-state index in [0.717, 1.165) is 32.8 Å². The number of ether oxygens (including phenoxy) is 1. The summed E-state index contributed by atoms with van der Waals surface area (Å²) < 4.78 is 9.99. The number of para-hydroxylation sites is 2. The van der Waals surface area contributed by atoms with Crippen molar-refractivity contribution in [1.82, 2.24) is 24.3 Å². The topological polar surface area (TPSA) is 109 Å². The van der Waals surface area contributed by atoms with E-state index >= 15 is 0 Å². The molecule has 40 heavy (non-hydrogen) atoms. The van der Waals surface area contributed by atoms with Crippen LogP contribution in [0.3, 0.4) is 0 Å². The van der Waals surface area contributed by atoms with Crippen LogP contribution in [-0.4, -0.2) is 88.4 Å². The van der Waals surface area contributed by atoms with Crippen molar-refractivity contribution in [3.8, 4) is 0 Å². The van der Waals surface area contributed by atoms with E-state index in [9.17, 15) is 19.5 Å². The number of rotatable bonds is 4. The van der Waals surface area contributed by atoms with Gasteiger partial charge in [-0.05, 0) is 26.2 Å². The van der Waals surface area contributed by atoms with Gasteiger partial charge < -0.3 is 28.8 Å². The van der Waals surface area contributed by atoms with Crippen molar-refractivity contribution < 1.29 is 24.2 Å². The minimum absolute atomic E-state index is 0.147. The van der Waals surface area contributed by atoms with Gasteiger partial charge in [0.05, 0.1) is 35.2 Å². The van der Waals surface area contributed by atoms with E-state index < -0.39 is 30.1 Å². The predicted octanol–water partition coefficient (Wildman–Crippen LogP) is 3.16. The van der Waals surface area contributed by atoms with Gasteiger partial charge in [0.15, 0.2) is 0 Å². The van der Waals surface area contributed by atoms with Crippen LogP contribution in [0.15, 0.2) is 48.5 Å². The third-order valence-corrected chi connectivity index (χ3v) is 8.21. The van der Waals surface area contributed by atoms with Crippen molar-refractivity contribution in [2.75, 3.05) is 34.2 Å². The van der Waals surface area contributed by atoms with Gasteiger partial charge >= 0.3 is 6.09 Å². The second-order valence-electron chi connectivity index (χ2n) is 11.0. The number of nitrogens with one attached hydrogen (secondary N) is 1. The van der Waals surface area contributed by atoms with E-state index in [2.05, 4.69) is 5.32 Å². The Kier molecular flexibility index (Phi) is 5.42. The molecule has 0 radical (unpaired) electrons. The van der Waals surface area contributed by atoms with Gasteiger partial charge in [-0.1, -0.05) is 36.4 Å². The molecule has 3 amide bonds. The first-order valence-electron chi connectivity index (χ1n) is 13.3. The molecular formula is C30H29N5O5. The van der Waals surface area contributed by atoms with Crippen molar-refractivity contribution in [3.63, 3.8) is 0 Å². The summed E-state index contributed by atoms with van der Waals surface area (Å²) in [7, 11) is 5.55. The van der Waals surface area contributed by atoms with Gasteiger partial charge in [0.25, 0.3) is 11.8 Å². The molecule has 10 heteroatoms. The Bertz CT molecular complexity index is 1900. The number of carbonyl (C=O) groups excluding carboxylic acids is 3. The zero-order chi connectivity index (χ0) is 27.9. The number of carbonyl (C=O) groups is 3. The summed E-state index contributed by atoms with van der Waals surface area (Å²) in [5.74, 6) is -0.842. The number of aromatic nitrogens is 2. The zero-order valence-corrected chi connectivity index (χ0v) is 22.5. The Hall–Kier alpha value is -4.41. The summed E-state index contributed by atoms with van der Waals surface area (Å²) in [5.41, 5.74) is 3.94. The van der Waals surface area contributed by atoms with Crippen LogP contribution in [0.2, 0.25) is 0 Å². The lowest BCUT2D eigenvalue weighted by Gasteiger charge is -2.29. The van der Waals surface area contributed by atoms with Gasteiger partial charge in [0.1, 0.15) is 12.2 Å². The van der Waals surface area contributed by atoms with E-state index in [1.165, 1.54) is 4.90 Å². The van der Waals surface area contributed by atoms with E-state index in [-0.39, 0.29) is 13.1 Å². The highest BCUT2D eigenvalue weighted by molar-refractivity contribution is 6.39. The summed E-state index contributed by atoms with van der Waals surface area (Å²) in [6.45, 7) is 1.48. The average molecular weight is 540 g/mol. The molecule has 2 aromatic heterocycles. The Morgan fingerprint density at radius 1 is 0.875 bits per heavy atom. The van der Waals surface area contributed by atoms with Gasteiger partial charge in [0.2, 0.25) is 0 Å². The molecule has 0 saturated carbocycles. The molecule has 10 nitrogen and oxygen atoms in total. The number of hydrogen-bond acceptors (Lipinski definition) is 6. The molecule has 0 aliphatic carbocycles. The summed E-state index contributed by atoms with van der Waals surface area (Å²) in [5, 5.41) is 17.1. The minimum Gasteiger partial charge on any atom is -0.441 e. The molecule has 2 unspecified atom stereocenters. The third-order valence-electron chi connectivity index (χ3n) is 8.21. The zero-order valence-electron chi connectivity index (χ0n) is 22.5. The van der Waals surface area contributed by atoms with E-state index in [4.69, 9.17) is 4.74 Å². The fourth-order valence-electron chi connectivity index (χ4n) is 6.30. The summed E-state index contributed by atoms with van der Waals surface area (Å²) in [4.78, 5) is 43.1. The van der Waals surface area contributed by atoms with Gasteiger partial charge in [-0.2, -0.15) is 0 Å². The quantitative estimate of drug-likeness (QED) is 0.340. The molecule has 2 N–H and O–H groups in total. The fraction of sp³-hybridized carbons (Fsp3) is 0.300. The van der Waals surface area contributed by atoms with E-state index in [1.807, 2.05) is 76.7 Å². The van der Waals surface area contributed by atoms with Crippen molar-refractivity contribution in [2.24, 2.45) is 0 Å². The second kappa shape index (κ2) is 8.80. The number of nitrogens with zero attached hydrogens (tertiary/aromatic N) is 4. The predicted molar refractivity (Wildman–Crippen MR) is 152 cm³/mol. The van der Waals surface area contributed by atoms with Crippen LogP contribution in [0, 0.1) is 0 Å². The van der Waals surface area contributed by atoms with Crippen LogP contribution in [-0.2, 0) is 17.8 Å². The minimum atomic E-state index is -1.03. The van der Waals surface area contributed by atoms with Gasteiger partial charge in [-0.3, -0.25) is 14.9 Å². The van der Waals surface area contributed by atoms with Crippen molar-refractivity contribution in [3.05, 3.63) is 59.7 Å². The molecule has 0 spiro atoms. The number of benzene rings is 3. The molecule has 3 aromatic carbocycles. The van der Waals surface area contributed by atoms with E-state index in [1.54, 1.807) is 7.05 Å². The molecule has 2 aliphatic rings. The maximum absolute atomic E-state index is 13.3. The maximum atomic E-state index is 13.3. The molecule has 5 aromatic rings. The van der Waals surface area contributed by atoms with Crippen LogP contribution < -0.4 is 5.32 Å². The third kappa shape index (κ3) is 3.39. The monoisotopic (exact) mass is 539 g/mol. The molecule has 0 saturated heterocycles. The Labute approximate surface area is 229 Å². The maximum Gasteiger partial charge on any atom is 0.409 e. The number of aliphatic hydroxyl groups excluding tert-OH is 1. The lowest BCUT2D eigenvalue weighted by molar-refractivity contribution is -0.0231. The number of amides is 3. The van der Waals surface area contributed by atoms with Crippen molar-refractivity contribution >= 4 is 61.5 Å². The molecule has 204 valence electrons. The lowest BCUT2D eigenvalue weighted by atomic mass is 9.96. The Balaban J connectivity index is 1.52. The Morgan fingerprint density at radius 3 is 1.95 bits per heavy atom. The largest absolute Gasteiger partial charge is 0.441 e. The standard InChI is InChI=1S/C30H29N5O5/c1-32(2)12-13-33(3)30(39)40-21-15-35-19-11-7-5-9-17(19)23-25-24(28(37)31-29(25)38)22-16-8-4-6-10-18(16)34(14-20(21)36)26(22)27(23)35/h4-11,20-21,36H,12-15H2,1-3H3,(H,31,37,38). The van der Waals surface area contributed by atoms with Crippen molar-refractivity contribution in [1.29, 1.82) is 0 Å². The Morgan fingerprint density at radius 2 is 1.40 bits per heavy atom. The number of imide groups is 1. The highest BCUT2D eigenvalue weighted by atomic mass is 16.6. The van der Waals surface area contributed by atoms with Gasteiger partial charge in [-0.25, -0.2) is 4.79 Å². The smallest absolute Gasteiger partial charge is 0.409 e. The highest BCUT2D eigenvalue weighted by Crippen LogP contribution is 2.45. The van der Waals surface area contributed by atoms with Gasteiger partial charge in [0, 0.05) is 52.7 Å². The normalized spacial score (nSPS) is 18.6. The number of hydrogen-bond donors (Lipinski definition) is 2. The first kappa shape index (κ1) is 24.6. The summed E-state index contributed by atoms with van der Waals surface area (Å²) >= 11 is 0. The van der Waals surface area contributed by atoms with E-state index in [0.29, 0.717) is 35.0 Å². The molecule has 0 bridgehead atoms. The molecule has 2 aliphatic heterocycles. The van der Waals surface area contributed by atoms with Crippen LogP contribution in [0.1, 0.15) is 20.7 Å². The van der Waals surface area contributed by atoms with Crippen LogP contribution in [0.25, 0.3) is 43.6 Å². The summed E-state index contributed by atoms with van der Waals surface area (Å²) in [6, 6.07) is 15.4. The van der Waals surface area contributed by atoms with Crippen molar-refractivity contribution in [2.45, 2.75) is 25.3 Å². The summed E-state index contributed by atoms with van der Waals surface area (Å²) in [6.07, 6.45) is -2.40. The average Bonchev–Trinajstić information content (AvgIpc) is 3.53. The number of aliphatic hydroxyl groups is 1. The molecule has 2 atom stereocenters. The van der Waals surface area contributed by atoms with Crippen LogP contribution in [0.5, 0.6) is 0 Å². The first-order chi connectivity index (χ1) is 19.3. The fourth-order valence-corrected chi connectivity index (χ4v) is 6.30. The highest BCUT2D eigenvalue weighted by Gasteiger charge is 2.39. The number of likely N-dealkylation sites (N-methyl/N-ethyl adjacent to an activating group) is 2. The first-order valence-corrected chi connectivity index (χ1v) is 13.3. The van der Waals surface area contributed by atoms with Crippen LogP contribution >= 0.6 is 0 Å². The van der Waals surface area contributed by atoms with Gasteiger partial charge in [-0.15, -0.1) is 0 Å². The molecular weight excluding hydrogens is 510 g/mol. The molecule has 0 fully saturated rings. The number of fused-ring (bicyclic) bond motifs is 9. The van der Waals surface area contributed by atoms with Crippen LogP contribution in [0.4, 0.5) is 4.79 Å². The lowest BCUT2D eigenvalue weighted by Crippen LogP contribution is -2.43. The second-order valence-corrected chi connectivity index (χ2v) is 11.0.